The van der Waals surface area contributed by atoms with Gasteiger partial charge in [-0.05, 0) is 25.0 Å². The van der Waals surface area contributed by atoms with Crippen molar-refractivity contribution in [1.82, 2.24) is 19.7 Å². The molecule has 1 N–H and O–H groups in total. The van der Waals surface area contributed by atoms with Crippen LogP contribution in [0.1, 0.15) is 11.4 Å². The smallest absolute Gasteiger partial charge is 0.236 e. The molecule has 3 saturated heterocycles. The Morgan fingerprint density at radius 3 is 2.79 bits per heavy atom. The van der Waals surface area contributed by atoms with Crippen LogP contribution in [0.2, 0.25) is 0 Å². The van der Waals surface area contributed by atoms with E-state index in [1.165, 1.54) is 0 Å². The summed E-state index contributed by atoms with van der Waals surface area (Å²) in [7, 11) is 0. The standard InChI is InChI=1S/C21H32N4O3/c1-17-3-2-4-19(22-17)5-6-24-11-18-12-25(15-21(18,14-24)16-26)20(27)13-23-7-9-28-10-8-23/h2-4,18,26H,5-16H2,1H3. The van der Waals surface area contributed by atoms with Crippen molar-refractivity contribution in [2.75, 3.05) is 72.2 Å². The van der Waals surface area contributed by atoms with E-state index in [0.717, 1.165) is 57.1 Å². The molecule has 0 spiro atoms. The fourth-order valence-corrected chi connectivity index (χ4v) is 4.94. The molecule has 3 fully saturated rings. The fraction of sp³-hybridized carbons (Fsp3) is 0.714. The molecule has 2 unspecified atom stereocenters. The molecule has 7 nitrogen and oxygen atoms in total. The number of nitrogens with zero attached hydrogens (tertiary/aromatic N) is 4. The number of fused-ring (bicyclic) bond motifs is 1. The zero-order chi connectivity index (χ0) is 19.6. The summed E-state index contributed by atoms with van der Waals surface area (Å²) in [5, 5.41) is 10.2. The van der Waals surface area contributed by atoms with Crippen LogP contribution >= 0.6 is 0 Å². The van der Waals surface area contributed by atoms with Crippen LogP contribution in [0.4, 0.5) is 0 Å². The summed E-state index contributed by atoms with van der Waals surface area (Å²) >= 11 is 0. The number of likely N-dealkylation sites (tertiary alicyclic amines) is 2. The van der Waals surface area contributed by atoms with Gasteiger partial charge in [-0.3, -0.25) is 14.7 Å². The Bertz CT molecular complexity index is 694. The second-order valence-corrected chi connectivity index (χ2v) is 8.64. The Hall–Kier alpha value is -1.54. The van der Waals surface area contributed by atoms with E-state index in [4.69, 9.17) is 4.74 Å². The summed E-state index contributed by atoms with van der Waals surface area (Å²) in [4.78, 5) is 24.0. The number of rotatable bonds is 6. The molecule has 1 aromatic rings. The molecule has 0 bridgehead atoms. The monoisotopic (exact) mass is 388 g/mol. The number of aliphatic hydroxyl groups excluding tert-OH is 1. The number of amides is 1. The van der Waals surface area contributed by atoms with Crippen molar-refractivity contribution < 1.29 is 14.6 Å². The fourth-order valence-electron chi connectivity index (χ4n) is 4.94. The van der Waals surface area contributed by atoms with E-state index in [1.54, 1.807) is 0 Å². The number of hydrogen-bond acceptors (Lipinski definition) is 6. The van der Waals surface area contributed by atoms with Crippen LogP contribution in [-0.4, -0.2) is 103 Å². The number of aliphatic hydroxyl groups is 1. The number of aryl methyl sites for hydroxylation is 1. The second-order valence-electron chi connectivity index (χ2n) is 8.64. The van der Waals surface area contributed by atoms with Crippen molar-refractivity contribution in [3.63, 3.8) is 0 Å². The third kappa shape index (κ3) is 4.22. The molecular formula is C21H32N4O3. The first-order valence-corrected chi connectivity index (χ1v) is 10.4. The highest BCUT2D eigenvalue weighted by Gasteiger charge is 2.52. The predicted octanol–water partition coefficient (Wildman–Crippen LogP) is 0.0174. The topological polar surface area (TPSA) is 69.1 Å². The predicted molar refractivity (Wildman–Crippen MR) is 106 cm³/mol. The van der Waals surface area contributed by atoms with Gasteiger partial charge in [0.05, 0.1) is 26.4 Å². The van der Waals surface area contributed by atoms with Crippen molar-refractivity contribution in [3.05, 3.63) is 29.6 Å². The first-order valence-electron chi connectivity index (χ1n) is 10.4. The highest BCUT2D eigenvalue weighted by Crippen LogP contribution is 2.42. The van der Waals surface area contributed by atoms with Gasteiger partial charge in [-0.1, -0.05) is 6.07 Å². The zero-order valence-electron chi connectivity index (χ0n) is 16.8. The molecule has 154 valence electrons. The number of pyridine rings is 1. The molecule has 3 aliphatic heterocycles. The van der Waals surface area contributed by atoms with Crippen molar-refractivity contribution in [3.8, 4) is 0 Å². The quantitative estimate of drug-likeness (QED) is 0.741. The molecule has 3 aliphatic rings. The van der Waals surface area contributed by atoms with Crippen molar-refractivity contribution in [1.29, 1.82) is 0 Å². The highest BCUT2D eigenvalue weighted by atomic mass is 16.5. The van der Waals surface area contributed by atoms with E-state index in [9.17, 15) is 9.90 Å². The molecule has 0 saturated carbocycles. The summed E-state index contributed by atoms with van der Waals surface area (Å²) < 4.78 is 5.36. The SMILES string of the molecule is Cc1cccc(CCN2CC3CN(C(=O)CN4CCOCC4)CC3(CO)C2)n1. The van der Waals surface area contributed by atoms with Crippen molar-refractivity contribution in [2.24, 2.45) is 11.3 Å². The molecule has 4 heterocycles. The highest BCUT2D eigenvalue weighted by molar-refractivity contribution is 5.78. The minimum Gasteiger partial charge on any atom is -0.396 e. The Kier molecular flexibility index (Phi) is 5.96. The lowest BCUT2D eigenvalue weighted by atomic mass is 9.82. The van der Waals surface area contributed by atoms with Gasteiger partial charge in [0.1, 0.15) is 0 Å². The van der Waals surface area contributed by atoms with E-state index < -0.39 is 0 Å². The van der Waals surface area contributed by atoms with E-state index in [-0.39, 0.29) is 17.9 Å². The first kappa shape index (κ1) is 19.8. The van der Waals surface area contributed by atoms with Gasteiger partial charge in [-0.15, -0.1) is 0 Å². The number of hydrogen-bond donors (Lipinski definition) is 1. The van der Waals surface area contributed by atoms with Gasteiger partial charge < -0.3 is 19.6 Å². The summed E-state index contributed by atoms with van der Waals surface area (Å²) in [5.41, 5.74) is 2.01. The molecular weight excluding hydrogens is 356 g/mol. The summed E-state index contributed by atoms with van der Waals surface area (Å²) in [6.07, 6.45) is 0.926. The van der Waals surface area contributed by atoms with Gasteiger partial charge in [0.15, 0.2) is 0 Å². The minimum atomic E-state index is -0.166. The molecule has 1 aromatic heterocycles. The van der Waals surface area contributed by atoms with Crippen LogP contribution < -0.4 is 0 Å². The number of morpholine rings is 1. The van der Waals surface area contributed by atoms with E-state index in [2.05, 4.69) is 26.9 Å². The van der Waals surface area contributed by atoms with Gasteiger partial charge in [0, 0.05) is 69.0 Å². The Morgan fingerprint density at radius 1 is 1.25 bits per heavy atom. The van der Waals surface area contributed by atoms with Gasteiger partial charge in [0.25, 0.3) is 0 Å². The summed E-state index contributed by atoms with van der Waals surface area (Å²) in [6, 6.07) is 6.16. The second kappa shape index (κ2) is 8.45. The Balaban J connectivity index is 1.30. The van der Waals surface area contributed by atoms with Crippen LogP contribution in [0, 0.1) is 18.3 Å². The lowest BCUT2D eigenvalue weighted by molar-refractivity contribution is -0.133. The van der Waals surface area contributed by atoms with E-state index in [1.807, 2.05) is 17.9 Å². The van der Waals surface area contributed by atoms with Gasteiger partial charge >= 0.3 is 0 Å². The van der Waals surface area contributed by atoms with Crippen LogP contribution in [0.25, 0.3) is 0 Å². The van der Waals surface area contributed by atoms with Gasteiger partial charge in [-0.2, -0.15) is 0 Å². The zero-order valence-corrected chi connectivity index (χ0v) is 16.8. The van der Waals surface area contributed by atoms with Crippen LogP contribution in [0.3, 0.4) is 0 Å². The van der Waals surface area contributed by atoms with Crippen LogP contribution in [-0.2, 0) is 16.0 Å². The minimum absolute atomic E-state index is 0.151. The summed E-state index contributed by atoms with van der Waals surface area (Å²) in [5.74, 6) is 0.552. The molecule has 0 radical (unpaired) electrons. The van der Waals surface area contributed by atoms with Gasteiger partial charge in [0.2, 0.25) is 5.91 Å². The average molecular weight is 389 g/mol. The molecule has 0 aromatic carbocycles. The lowest BCUT2D eigenvalue weighted by Crippen LogP contribution is -2.46. The number of carbonyl (C=O) groups is 1. The number of carbonyl (C=O) groups excluding carboxylic acids is 1. The van der Waals surface area contributed by atoms with E-state index in [0.29, 0.717) is 32.2 Å². The Labute approximate surface area is 167 Å². The normalized spacial score (nSPS) is 28.6. The molecule has 2 atom stereocenters. The maximum Gasteiger partial charge on any atom is 0.236 e. The lowest BCUT2D eigenvalue weighted by Gasteiger charge is -2.30. The third-order valence-corrected chi connectivity index (χ3v) is 6.59. The average Bonchev–Trinajstić information content (AvgIpc) is 3.22. The first-order chi connectivity index (χ1) is 13.6. The maximum absolute atomic E-state index is 12.8. The maximum atomic E-state index is 12.8. The van der Waals surface area contributed by atoms with Crippen molar-refractivity contribution in [2.45, 2.75) is 13.3 Å². The summed E-state index contributed by atoms with van der Waals surface area (Å²) in [6.45, 7) is 9.93. The molecule has 1 amide bonds. The molecule has 0 aliphatic carbocycles. The van der Waals surface area contributed by atoms with Crippen LogP contribution in [0.5, 0.6) is 0 Å². The Morgan fingerprint density at radius 2 is 2.07 bits per heavy atom. The third-order valence-electron chi connectivity index (χ3n) is 6.59. The van der Waals surface area contributed by atoms with Crippen LogP contribution in [0.15, 0.2) is 18.2 Å². The van der Waals surface area contributed by atoms with E-state index >= 15 is 0 Å². The number of ether oxygens (including phenoxy) is 1. The van der Waals surface area contributed by atoms with Crippen molar-refractivity contribution >= 4 is 5.91 Å². The molecule has 28 heavy (non-hydrogen) atoms. The molecule has 7 heteroatoms. The number of aromatic nitrogens is 1. The molecule has 4 rings (SSSR count). The largest absolute Gasteiger partial charge is 0.396 e. The van der Waals surface area contributed by atoms with Gasteiger partial charge in [-0.25, -0.2) is 0 Å².